The maximum atomic E-state index is 10.9. The van der Waals surface area contributed by atoms with E-state index < -0.39 is 24.5 Å². The second-order valence-electron chi connectivity index (χ2n) is 3.98. The van der Waals surface area contributed by atoms with Gasteiger partial charge in [-0.3, -0.25) is 9.59 Å². The van der Waals surface area contributed by atoms with Crippen molar-refractivity contribution in [2.45, 2.75) is 51.8 Å². The van der Waals surface area contributed by atoms with E-state index in [2.05, 4.69) is 0 Å². The highest BCUT2D eigenvalue weighted by atomic mass is 16.7. The monoisotopic (exact) mass is 246 g/mol. The van der Waals surface area contributed by atoms with Gasteiger partial charge in [0.25, 0.3) is 0 Å². The second-order valence-corrected chi connectivity index (χ2v) is 3.98. The van der Waals surface area contributed by atoms with E-state index in [4.69, 9.17) is 18.9 Å². The van der Waals surface area contributed by atoms with Crippen LogP contribution in [0, 0.1) is 0 Å². The minimum absolute atomic E-state index is 0.296. The lowest BCUT2D eigenvalue weighted by molar-refractivity contribution is -0.260. The van der Waals surface area contributed by atoms with Crippen molar-refractivity contribution in [3.63, 3.8) is 0 Å². The molecular formula is C11H18O6. The van der Waals surface area contributed by atoms with Crippen LogP contribution in [0.2, 0.25) is 0 Å². The molecule has 0 saturated carbocycles. The molecule has 0 N–H and O–H groups in total. The lowest BCUT2D eigenvalue weighted by Crippen LogP contribution is -2.49. The number of hydrogen-bond donors (Lipinski definition) is 0. The molecule has 1 fully saturated rings. The van der Waals surface area contributed by atoms with Gasteiger partial charge < -0.3 is 18.9 Å². The Bertz CT molecular complexity index is 290. The van der Waals surface area contributed by atoms with Gasteiger partial charge in [0.15, 0.2) is 12.4 Å². The van der Waals surface area contributed by atoms with Crippen LogP contribution < -0.4 is 0 Å². The Morgan fingerprint density at radius 3 is 2.12 bits per heavy atom. The average Bonchev–Trinajstić information content (AvgIpc) is 2.21. The van der Waals surface area contributed by atoms with Gasteiger partial charge in [-0.2, -0.15) is 0 Å². The number of hydrogen-bond acceptors (Lipinski definition) is 6. The first kappa shape index (κ1) is 13.9. The van der Waals surface area contributed by atoms with Gasteiger partial charge in [0.1, 0.15) is 6.10 Å². The first-order chi connectivity index (χ1) is 7.93. The van der Waals surface area contributed by atoms with Crippen LogP contribution in [-0.4, -0.2) is 43.7 Å². The van der Waals surface area contributed by atoms with Gasteiger partial charge in [-0.15, -0.1) is 0 Å². The fourth-order valence-electron chi connectivity index (χ4n) is 1.80. The van der Waals surface area contributed by atoms with Crippen LogP contribution in [0.25, 0.3) is 0 Å². The Balaban J connectivity index is 2.67. The van der Waals surface area contributed by atoms with E-state index in [9.17, 15) is 9.59 Å². The summed E-state index contributed by atoms with van der Waals surface area (Å²) in [7, 11) is 1.47. The zero-order valence-electron chi connectivity index (χ0n) is 10.5. The van der Waals surface area contributed by atoms with Gasteiger partial charge in [0, 0.05) is 27.4 Å². The maximum absolute atomic E-state index is 10.9. The van der Waals surface area contributed by atoms with Crippen LogP contribution in [0.5, 0.6) is 0 Å². The largest absolute Gasteiger partial charge is 0.460 e. The van der Waals surface area contributed by atoms with Gasteiger partial charge in [0.05, 0.1) is 6.10 Å². The van der Waals surface area contributed by atoms with E-state index in [1.807, 2.05) is 0 Å². The summed E-state index contributed by atoms with van der Waals surface area (Å²) in [6.45, 7) is 4.42. The normalized spacial score (nSPS) is 32.9. The molecule has 17 heavy (non-hydrogen) atoms. The summed E-state index contributed by atoms with van der Waals surface area (Å²) in [5, 5.41) is 0. The quantitative estimate of drug-likeness (QED) is 0.680. The Kier molecular flexibility index (Phi) is 4.89. The second kappa shape index (κ2) is 5.97. The summed E-state index contributed by atoms with van der Waals surface area (Å²) >= 11 is 0. The van der Waals surface area contributed by atoms with Crippen molar-refractivity contribution in [3.8, 4) is 0 Å². The molecule has 98 valence electrons. The van der Waals surface area contributed by atoms with Gasteiger partial charge in [-0.05, 0) is 6.92 Å². The van der Waals surface area contributed by atoms with Crippen LogP contribution in [0.15, 0.2) is 0 Å². The van der Waals surface area contributed by atoms with Crippen LogP contribution in [-0.2, 0) is 28.5 Å². The minimum Gasteiger partial charge on any atom is -0.460 e. The molecule has 0 aromatic carbocycles. The highest BCUT2D eigenvalue weighted by molar-refractivity contribution is 5.66. The lowest BCUT2D eigenvalue weighted by atomic mass is 10.0. The van der Waals surface area contributed by atoms with Crippen LogP contribution >= 0.6 is 0 Å². The maximum Gasteiger partial charge on any atom is 0.303 e. The third kappa shape index (κ3) is 3.98. The molecule has 0 aromatic heterocycles. The third-order valence-corrected chi connectivity index (χ3v) is 2.51. The molecule has 0 bridgehead atoms. The van der Waals surface area contributed by atoms with Crippen molar-refractivity contribution in [3.05, 3.63) is 0 Å². The lowest BCUT2D eigenvalue weighted by Gasteiger charge is -2.38. The van der Waals surface area contributed by atoms with Crippen molar-refractivity contribution in [1.29, 1.82) is 0 Å². The zero-order valence-corrected chi connectivity index (χ0v) is 10.5. The Labute approximate surface area is 100 Å². The molecule has 1 rings (SSSR count). The predicted octanol–water partition coefficient (Wildman–Crippen LogP) is 0.631. The number of rotatable bonds is 3. The molecule has 1 saturated heterocycles. The molecule has 1 unspecified atom stereocenters. The summed E-state index contributed by atoms with van der Waals surface area (Å²) in [6.07, 6.45) is -1.53. The smallest absolute Gasteiger partial charge is 0.303 e. The van der Waals surface area contributed by atoms with Crippen LogP contribution in [0.1, 0.15) is 27.2 Å². The molecule has 6 nitrogen and oxygen atoms in total. The average molecular weight is 246 g/mol. The Hall–Kier alpha value is -1.14. The number of methoxy groups -OCH3 is 1. The number of esters is 2. The number of carbonyl (C=O) groups is 2. The fourth-order valence-corrected chi connectivity index (χ4v) is 1.80. The van der Waals surface area contributed by atoms with Crippen LogP contribution in [0.4, 0.5) is 0 Å². The SMILES string of the molecule is COC1O[C@H](C)[C@@H](OC(C)=O)C[C@H]1OC(C)=O. The molecule has 4 atom stereocenters. The van der Waals surface area contributed by atoms with Crippen molar-refractivity contribution < 1.29 is 28.5 Å². The summed E-state index contributed by atoms with van der Waals surface area (Å²) in [5.74, 6) is -0.806. The summed E-state index contributed by atoms with van der Waals surface area (Å²) in [5.41, 5.74) is 0. The standard InChI is InChI=1S/C11H18O6/c1-6-9(16-7(2)12)5-10(17-8(3)13)11(14-4)15-6/h6,9-11H,5H2,1-4H3/t6-,9+,10-,11?/m1/s1. The predicted molar refractivity (Wildman–Crippen MR) is 57.1 cm³/mol. The molecule has 0 aliphatic carbocycles. The zero-order chi connectivity index (χ0) is 13.0. The molecule has 0 aromatic rings. The summed E-state index contributed by atoms with van der Waals surface area (Å²) in [6, 6.07) is 0. The van der Waals surface area contributed by atoms with Gasteiger partial charge in [-0.1, -0.05) is 0 Å². The highest BCUT2D eigenvalue weighted by Gasteiger charge is 2.39. The van der Waals surface area contributed by atoms with E-state index in [1.165, 1.54) is 21.0 Å². The van der Waals surface area contributed by atoms with Gasteiger partial charge in [0.2, 0.25) is 0 Å². The number of ether oxygens (including phenoxy) is 4. The first-order valence-electron chi connectivity index (χ1n) is 5.46. The summed E-state index contributed by atoms with van der Waals surface area (Å²) in [4.78, 5) is 21.9. The topological polar surface area (TPSA) is 71.1 Å². The fraction of sp³-hybridized carbons (Fsp3) is 0.818. The van der Waals surface area contributed by atoms with Crippen molar-refractivity contribution in [1.82, 2.24) is 0 Å². The van der Waals surface area contributed by atoms with Crippen molar-refractivity contribution in [2.75, 3.05) is 7.11 Å². The molecule has 6 heteroatoms. The van der Waals surface area contributed by atoms with E-state index in [-0.39, 0.29) is 12.1 Å². The Morgan fingerprint density at radius 2 is 1.65 bits per heavy atom. The van der Waals surface area contributed by atoms with Gasteiger partial charge in [-0.25, -0.2) is 0 Å². The molecule has 0 amide bonds. The van der Waals surface area contributed by atoms with E-state index in [1.54, 1.807) is 6.92 Å². The van der Waals surface area contributed by atoms with Crippen LogP contribution in [0.3, 0.4) is 0 Å². The third-order valence-electron chi connectivity index (χ3n) is 2.51. The molecule has 1 heterocycles. The minimum atomic E-state index is -0.624. The molecule has 1 aliphatic heterocycles. The van der Waals surface area contributed by atoms with Crippen molar-refractivity contribution >= 4 is 11.9 Å². The Morgan fingerprint density at radius 1 is 1.12 bits per heavy atom. The van der Waals surface area contributed by atoms with E-state index in [0.29, 0.717) is 6.42 Å². The highest BCUT2D eigenvalue weighted by Crippen LogP contribution is 2.25. The van der Waals surface area contributed by atoms with Gasteiger partial charge >= 0.3 is 11.9 Å². The van der Waals surface area contributed by atoms with Crippen molar-refractivity contribution in [2.24, 2.45) is 0 Å². The molecule has 1 aliphatic rings. The molecular weight excluding hydrogens is 228 g/mol. The van der Waals surface area contributed by atoms with E-state index in [0.717, 1.165) is 0 Å². The summed E-state index contributed by atoms with van der Waals surface area (Å²) < 4.78 is 20.7. The number of carbonyl (C=O) groups excluding carboxylic acids is 2. The molecule has 0 radical (unpaired) electrons. The first-order valence-corrected chi connectivity index (χ1v) is 5.46. The van der Waals surface area contributed by atoms with E-state index >= 15 is 0 Å². The molecule has 0 spiro atoms.